The van der Waals surface area contributed by atoms with Gasteiger partial charge in [0.1, 0.15) is 0 Å². The van der Waals surface area contributed by atoms with E-state index in [1.807, 2.05) is 0 Å². The summed E-state index contributed by atoms with van der Waals surface area (Å²) >= 11 is 3.50. The van der Waals surface area contributed by atoms with Gasteiger partial charge in [0.2, 0.25) is 0 Å². The monoisotopic (exact) mass is 298 g/mol. The van der Waals surface area contributed by atoms with Crippen LogP contribution in [0.15, 0.2) is 59.1 Å². The maximum atomic E-state index is 3.50. The van der Waals surface area contributed by atoms with Gasteiger partial charge in [-0.05, 0) is 53.7 Å². The Morgan fingerprint density at radius 1 is 0.889 bits per heavy atom. The van der Waals surface area contributed by atoms with Crippen LogP contribution in [0.5, 0.6) is 0 Å². The molecule has 0 saturated heterocycles. The lowest BCUT2D eigenvalue weighted by Gasteiger charge is -2.11. The maximum absolute atomic E-state index is 3.50. The molecule has 0 nitrogen and oxygen atoms in total. The van der Waals surface area contributed by atoms with Crippen LogP contribution in [0.3, 0.4) is 0 Å². The number of allylic oxidation sites excluding steroid dienone is 1. The van der Waals surface area contributed by atoms with E-state index in [9.17, 15) is 0 Å². The van der Waals surface area contributed by atoms with E-state index in [4.69, 9.17) is 0 Å². The molecule has 0 fully saturated rings. The number of hydrogen-bond donors (Lipinski definition) is 0. The second-order valence-electron chi connectivity index (χ2n) is 4.67. The fourth-order valence-electron chi connectivity index (χ4n) is 2.55. The molecule has 0 amide bonds. The fourth-order valence-corrected chi connectivity index (χ4v) is 2.82. The molecule has 1 aliphatic rings. The normalized spacial score (nSPS) is 14.6. The summed E-state index contributed by atoms with van der Waals surface area (Å²) in [6.07, 6.45) is 5.99. The lowest BCUT2D eigenvalue weighted by atomic mass is 9.94. The number of hydrogen-bond acceptors (Lipinski definition) is 0. The van der Waals surface area contributed by atoms with Gasteiger partial charge in [0, 0.05) is 4.47 Å². The fraction of sp³-hybridized carbons (Fsp3) is 0.176. The number of fused-ring (bicyclic) bond motifs is 1. The molecule has 2 aromatic rings. The van der Waals surface area contributed by atoms with Crippen molar-refractivity contribution in [3.63, 3.8) is 0 Å². The highest BCUT2D eigenvalue weighted by Gasteiger charge is 2.12. The summed E-state index contributed by atoms with van der Waals surface area (Å²) in [6.45, 7) is 0. The Morgan fingerprint density at radius 3 is 2.50 bits per heavy atom. The van der Waals surface area contributed by atoms with Crippen molar-refractivity contribution in [1.82, 2.24) is 0 Å². The van der Waals surface area contributed by atoms with Crippen molar-refractivity contribution < 1.29 is 0 Å². The zero-order chi connectivity index (χ0) is 12.4. The van der Waals surface area contributed by atoms with Crippen LogP contribution in [0, 0.1) is 0 Å². The van der Waals surface area contributed by atoms with Gasteiger partial charge >= 0.3 is 0 Å². The summed E-state index contributed by atoms with van der Waals surface area (Å²) in [5.74, 6) is 0. The van der Waals surface area contributed by atoms with Gasteiger partial charge in [0.25, 0.3) is 0 Å². The molecule has 0 spiro atoms. The lowest BCUT2D eigenvalue weighted by molar-refractivity contribution is 0.851. The second kappa shape index (κ2) is 5.11. The van der Waals surface area contributed by atoms with Crippen LogP contribution in [0.1, 0.15) is 29.5 Å². The molecule has 0 radical (unpaired) electrons. The Morgan fingerprint density at radius 2 is 1.67 bits per heavy atom. The Kier molecular flexibility index (Phi) is 3.33. The summed E-state index contributed by atoms with van der Waals surface area (Å²) in [6, 6.07) is 17.4. The maximum Gasteiger partial charge on any atom is 0.0175 e. The van der Waals surface area contributed by atoms with Crippen molar-refractivity contribution in [3.05, 3.63) is 75.8 Å². The van der Waals surface area contributed by atoms with Crippen molar-refractivity contribution in [2.45, 2.75) is 19.3 Å². The standard InChI is InChI=1S/C17H15Br/c18-15-11-9-14(10-12-15)17-8-4-2-6-13-5-1-3-7-16(13)17/h1,3,5,7-12H,2,4,6H2. The van der Waals surface area contributed by atoms with E-state index in [2.05, 4.69) is 70.5 Å². The van der Waals surface area contributed by atoms with Crippen molar-refractivity contribution in [3.8, 4) is 0 Å². The van der Waals surface area contributed by atoms with Crippen LogP contribution in [0.4, 0.5) is 0 Å². The molecule has 1 heteroatoms. The average molecular weight is 299 g/mol. The highest BCUT2D eigenvalue weighted by Crippen LogP contribution is 2.31. The van der Waals surface area contributed by atoms with Gasteiger partial charge in [0.15, 0.2) is 0 Å². The van der Waals surface area contributed by atoms with Gasteiger partial charge in [-0.1, -0.05) is 58.4 Å². The quantitative estimate of drug-likeness (QED) is 0.677. The van der Waals surface area contributed by atoms with Crippen LogP contribution in [0.2, 0.25) is 0 Å². The van der Waals surface area contributed by atoms with E-state index in [1.54, 1.807) is 0 Å². The SMILES string of the molecule is Brc1ccc(C2=CCCCc3ccccc32)cc1. The van der Waals surface area contributed by atoms with E-state index >= 15 is 0 Å². The lowest BCUT2D eigenvalue weighted by Crippen LogP contribution is -1.92. The molecular weight excluding hydrogens is 284 g/mol. The molecule has 18 heavy (non-hydrogen) atoms. The van der Waals surface area contributed by atoms with Crippen LogP contribution in [0.25, 0.3) is 5.57 Å². The molecule has 0 bridgehead atoms. The van der Waals surface area contributed by atoms with Gasteiger partial charge in [-0.3, -0.25) is 0 Å². The van der Waals surface area contributed by atoms with Gasteiger partial charge in [0.05, 0.1) is 0 Å². The predicted molar refractivity (Wildman–Crippen MR) is 80.6 cm³/mol. The summed E-state index contributed by atoms with van der Waals surface area (Å²) in [5.41, 5.74) is 5.57. The zero-order valence-corrected chi connectivity index (χ0v) is 11.8. The minimum absolute atomic E-state index is 1.13. The zero-order valence-electron chi connectivity index (χ0n) is 10.2. The minimum atomic E-state index is 1.13. The van der Waals surface area contributed by atoms with E-state index in [-0.39, 0.29) is 0 Å². The third kappa shape index (κ3) is 2.28. The molecule has 3 rings (SSSR count). The van der Waals surface area contributed by atoms with Crippen LogP contribution in [-0.4, -0.2) is 0 Å². The molecular formula is C17H15Br. The van der Waals surface area contributed by atoms with E-state index in [1.165, 1.54) is 41.5 Å². The van der Waals surface area contributed by atoms with Crippen molar-refractivity contribution in [1.29, 1.82) is 0 Å². The van der Waals surface area contributed by atoms with Crippen molar-refractivity contribution in [2.75, 3.05) is 0 Å². The number of rotatable bonds is 1. The molecule has 0 saturated carbocycles. The first-order valence-electron chi connectivity index (χ1n) is 6.39. The Hall–Kier alpha value is -1.34. The highest BCUT2D eigenvalue weighted by molar-refractivity contribution is 9.10. The summed E-state index contributed by atoms with van der Waals surface area (Å²) in [4.78, 5) is 0. The number of benzene rings is 2. The molecule has 0 aromatic heterocycles. The third-order valence-corrected chi connectivity index (χ3v) is 3.99. The molecule has 90 valence electrons. The molecule has 1 aliphatic carbocycles. The Bertz CT molecular complexity index is 579. The van der Waals surface area contributed by atoms with Crippen LogP contribution in [-0.2, 0) is 6.42 Å². The molecule has 0 heterocycles. The van der Waals surface area contributed by atoms with Crippen LogP contribution < -0.4 is 0 Å². The van der Waals surface area contributed by atoms with Crippen molar-refractivity contribution in [2.24, 2.45) is 0 Å². The summed E-state index contributed by atoms with van der Waals surface area (Å²) in [7, 11) is 0. The van der Waals surface area contributed by atoms with Gasteiger partial charge in [-0.15, -0.1) is 0 Å². The average Bonchev–Trinajstić information content (AvgIpc) is 2.62. The highest BCUT2D eigenvalue weighted by atomic mass is 79.9. The Balaban J connectivity index is 2.11. The predicted octanol–water partition coefficient (Wildman–Crippen LogP) is 5.22. The summed E-state index contributed by atoms with van der Waals surface area (Å²) in [5, 5.41) is 0. The molecule has 0 unspecified atom stereocenters. The molecule has 0 atom stereocenters. The second-order valence-corrected chi connectivity index (χ2v) is 5.59. The summed E-state index contributed by atoms with van der Waals surface area (Å²) < 4.78 is 1.13. The van der Waals surface area contributed by atoms with Gasteiger partial charge < -0.3 is 0 Å². The van der Waals surface area contributed by atoms with E-state index in [0.717, 1.165) is 4.47 Å². The smallest absolute Gasteiger partial charge is 0.0175 e. The number of aryl methyl sites for hydroxylation is 1. The van der Waals surface area contributed by atoms with Crippen molar-refractivity contribution >= 4 is 21.5 Å². The van der Waals surface area contributed by atoms with E-state index < -0.39 is 0 Å². The minimum Gasteiger partial charge on any atom is -0.0760 e. The first-order chi connectivity index (χ1) is 8.84. The first-order valence-corrected chi connectivity index (χ1v) is 7.18. The third-order valence-electron chi connectivity index (χ3n) is 3.46. The van der Waals surface area contributed by atoms with Gasteiger partial charge in [-0.2, -0.15) is 0 Å². The van der Waals surface area contributed by atoms with Crippen LogP contribution >= 0.6 is 15.9 Å². The molecule has 2 aromatic carbocycles. The number of halogens is 1. The Labute approximate surface area is 116 Å². The molecule has 0 aliphatic heterocycles. The van der Waals surface area contributed by atoms with Gasteiger partial charge in [-0.25, -0.2) is 0 Å². The largest absolute Gasteiger partial charge is 0.0760 e. The van der Waals surface area contributed by atoms with E-state index in [0.29, 0.717) is 0 Å². The topological polar surface area (TPSA) is 0 Å². The molecule has 0 N–H and O–H groups in total. The first kappa shape index (κ1) is 11.7.